The number of ether oxygens (including phenoxy) is 1. The van der Waals surface area contributed by atoms with Gasteiger partial charge in [0.1, 0.15) is 0 Å². The molecular formula is C14H17NO4S. The molecule has 1 atom stereocenters. The van der Waals surface area contributed by atoms with Crippen molar-refractivity contribution >= 4 is 23.2 Å². The minimum atomic E-state index is -0.998. The Kier molecular flexibility index (Phi) is 3.76. The maximum atomic E-state index is 12.7. The standard InChI is InChI=1S/C14H17NO4S/c16-13(15-5-6-19-7-11(15)14(17)18)10-8-20-12-4-2-1-3-9(10)12/h8,11H,1-7H2,(H,17,18)/t11-/m1/s1. The van der Waals surface area contributed by atoms with Crippen LogP contribution in [0.2, 0.25) is 0 Å². The van der Waals surface area contributed by atoms with E-state index in [1.54, 1.807) is 11.3 Å². The molecule has 0 radical (unpaired) electrons. The Morgan fingerprint density at radius 2 is 2.15 bits per heavy atom. The summed E-state index contributed by atoms with van der Waals surface area (Å²) in [4.78, 5) is 26.7. The molecule has 6 heteroatoms. The summed E-state index contributed by atoms with van der Waals surface area (Å²) in [7, 11) is 0. The number of hydrogen-bond acceptors (Lipinski definition) is 4. The fourth-order valence-electron chi connectivity index (χ4n) is 2.88. The first kappa shape index (κ1) is 13.6. The summed E-state index contributed by atoms with van der Waals surface area (Å²) in [5.74, 6) is -1.15. The Bertz CT molecular complexity index is 539. The van der Waals surface area contributed by atoms with Crippen molar-refractivity contribution in [1.29, 1.82) is 0 Å². The van der Waals surface area contributed by atoms with E-state index in [1.165, 1.54) is 16.2 Å². The van der Waals surface area contributed by atoms with Crippen molar-refractivity contribution in [3.8, 4) is 0 Å². The Hall–Kier alpha value is -1.40. The molecule has 0 unspecified atom stereocenters. The van der Waals surface area contributed by atoms with Crippen molar-refractivity contribution in [2.75, 3.05) is 19.8 Å². The zero-order chi connectivity index (χ0) is 14.1. The highest BCUT2D eigenvalue weighted by Gasteiger charge is 2.34. The van der Waals surface area contributed by atoms with Crippen LogP contribution in [-0.2, 0) is 22.4 Å². The molecule has 1 aromatic heterocycles. The number of carbonyl (C=O) groups is 2. The summed E-state index contributed by atoms with van der Waals surface area (Å²) in [5, 5.41) is 11.1. The van der Waals surface area contributed by atoms with Crippen molar-refractivity contribution < 1.29 is 19.4 Å². The van der Waals surface area contributed by atoms with Crippen LogP contribution in [0.1, 0.15) is 33.6 Å². The zero-order valence-electron chi connectivity index (χ0n) is 11.1. The van der Waals surface area contributed by atoms with Gasteiger partial charge in [0, 0.05) is 16.8 Å². The number of aryl methyl sites for hydroxylation is 1. The molecule has 2 heterocycles. The van der Waals surface area contributed by atoms with Crippen molar-refractivity contribution in [2.24, 2.45) is 0 Å². The fourth-order valence-corrected chi connectivity index (χ4v) is 4.00. The van der Waals surface area contributed by atoms with E-state index in [9.17, 15) is 14.7 Å². The largest absolute Gasteiger partial charge is 0.480 e. The normalized spacial score (nSPS) is 22.4. The zero-order valence-corrected chi connectivity index (χ0v) is 11.9. The van der Waals surface area contributed by atoms with Gasteiger partial charge < -0.3 is 14.7 Å². The van der Waals surface area contributed by atoms with Crippen LogP contribution in [0, 0.1) is 0 Å². The molecule has 1 saturated heterocycles. The molecule has 3 rings (SSSR count). The highest BCUT2D eigenvalue weighted by molar-refractivity contribution is 7.10. The van der Waals surface area contributed by atoms with E-state index in [2.05, 4.69) is 0 Å². The number of carboxylic acids is 1. The van der Waals surface area contributed by atoms with Crippen LogP contribution >= 0.6 is 11.3 Å². The van der Waals surface area contributed by atoms with Crippen LogP contribution < -0.4 is 0 Å². The van der Waals surface area contributed by atoms with Gasteiger partial charge in [-0.25, -0.2) is 4.79 Å². The third-order valence-corrected chi connectivity index (χ3v) is 5.05. The van der Waals surface area contributed by atoms with E-state index in [-0.39, 0.29) is 12.5 Å². The second kappa shape index (κ2) is 5.54. The van der Waals surface area contributed by atoms with Gasteiger partial charge in [-0.3, -0.25) is 4.79 Å². The minimum Gasteiger partial charge on any atom is -0.480 e. The van der Waals surface area contributed by atoms with Crippen LogP contribution in [0.3, 0.4) is 0 Å². The van der Waals surface area contributed by atoms with Gasteiger partial charge in [-0.1, -0.05) is 0 Å². The van der Waals surface area contributed by atoms with Crippen LogP contribution in [0.5, 0.6) is 0 Å². The molecule has 0 aromatic carbocycles. The Balaban J connectivity index is 1.87. The van der Waals surface area contributed by atoms with Crippen molar-refractivity contribution in [1.82, 2.24) is 4.90 Å². The first-order chi connectivity index (χ1) is 9.68. The average Bonchev–Trinajstić information content (AvgIpc) is 2.90. The number of fused-ring (bicyclic) bond motifs is 1. The van der Waals surface area contributed by atoms with E-state index in [0.29, 0.717) is 18.7 Å². The van der Waals surface area contributed by atoms with Crippen LogP contribution in [-0.4, -0.2) is 47.7 Å². The molecule has 1 aliphatic carbocycles. The number of thiophene rings is 1. The maximum absolute atomic E-state index is 12.7. The van der Waals surface area contributed by atoms with Crippen molar-refractivity contribution in [3.63, 3.8) is 0 Å². The molecule has 5 nitrogen and oxygen atoms in total. The summed E-state index contributed by atoms with van der Waals surface area (Å²) < 4.78 is 5.18. The lowest BCUT2D eigenvalue weighted by Gasteiger charge is -2.33. The summed E-state index contributed by atoms with van der Waals surface area (Å²) in [6.45, 7) is 0.829. The molecule has 0 bridgehead atoms. The molecule has 1 amide bonds. The monoisotopic (exact) mass is 295 g/mol. The van der Waals surface area contributed by atoms with Gasteiger partial charge in [0.15, 0.2) is 6.04 Å². The smallest absolute Gasteiger partial charge is 0.328 e. The first-order valence-electron chi connectivity index (χ1n) is 6.89. The minimum absolute atomic E-state index is 0.0768. The number of nitrogens with zero attached hydrogens (tertiary/aromatic N) is 1. The summed E-state index contributed by atoms with van der Waals surface area (Å²) in [5.41, 5.74) is 1.85. The lowest BCUT2D eigenvalue weighted by Crippen LogP contribution is -2.52. The van der Waals surface area contributed by atoms with E-state index >= 15 is 0 Å². The molecule has 1 fully saturated rings. The SMILES string of the molecule is O=C(O)[C@H]1COCCN1C(=O)c1csc2c1CCCC2. The van der Waals surface area contributed by atoms with Crippen LogP contribution in [0.15, 0.2) is 5.38 Å². The van der Waals surface area contributed by atoms with Gasteiger partial charge in [0.2, 0.25) is 0 Å². The maximum Gasteiger partial charge on any atom is 0.328 e. The predicted molar refractivity (Wildman–Crippen MR) is 74.2 cm³/mol. The number of amides is 1. The molecule has 1 N–H and O–H groups in total. The van der Waals surface area contributed by atoms with E-state index in [4.69, 9.17) is 4.74 Å². The molecule has 0 saturated carbocycles. The lowest BCUT2D eigenvalue weighted by molar-refractivity contribution is -0.147. The topological polar surface area (TPSA) is 66.8 Å². The molecule has 108 valence electrons. The second-order valence-electron chi connectivity index (χ2n) is 5.19. The molecule has 1 aromatic rings. The molecule has 2 aliphatic rings. The van der Waals surface area contributed by atoms with Crippen molar-refractivity contribution in [3.05, 3.63) is 21.4 Å². The van der Waals surface area contributed by atoms with Gasteiger partial charge in [-0.2, -0.15) is 0 Å². The Morgan fingerprint density at radius 3 is 2.95 bits per heavy atom. The Morgan fingerprint density at radius 1 is 1.35 bits per heavy atom. The highest BCUT2D eigenvalue weighted by atomic mass is 32.1. The quantitative estimate of drug-likeness (QED) is 0.899. The lowest BCUT2D eigenvalue weighted by atomic mass is 9.95. The average molecular weight is 295 g/mol. The fraction of sp³-hybridized carbons (Fsp3) is 0.571. The Labute approximate surface area is 121 Å². The summed E-state index contributed by atoms with van der Waals surface area (Å²) >= 11 is 1.63. The van der Waals surface area contributed by atoms with Crippen LogP contribution in [0.25, 0.3) is 0 Å². The van der Waals surface area contributed by atoms with Gasteiger partial charge >= 0.3 is 5.97 Å². The number of carboxylic acid groups (broad SMARTS) is 1. The van der Waals surface area contributed by atoms with Gasteiger partial charge in [0.05, 0.1) is 18.8 Å². The molecule has 0 spiro atoms. The van der Waals surface area contributed by atoms with E-state index in [0.717, 1.165) is 24.8 Å². The van der Waals surface area contributed by atoms with Crippen LogP contribution in [0.4, 0.5) is 0 Å². The summed E-state index contributed by atoms with van der Waals surface area (Å²) in [6.07, 6.45) is 4.26. The number of carbonyl (C=O) groups excluding carboxylic acids is 1. The highest BCUT2D eigenvalue weighted by Crippen LogP contribution is 2.31. The molecular weight excluding hydrogens is 278 g/mol. The number of rotatable bonds is 2. The van der Waals surface area contributed by atoms with Gasteiger partial charge in [0.25, 0.3) is 5.91 Å². The third kappa shape index (κ3) is 2.33. The van der Waals surface area contributed by atoms with Crippen molar-refractivity contribution in [2.45, 2.75) is 31.7 Å². The van der Waals surface area contributed by atoms with E-state index in [1.807, 2.05) is 5.38 Å². The predicted octanol–water partition coefficient (Wildman–Crippen LogP) is 1.55. The number of aliphatic carboxylic acids is 1. The third-order valence-electron chi connectivity index (χ3n) is 3.97. The summed E-state index contributed by atoms with van der Waals surface area (Å²) in [6, 6.07) is -0.865. The molecule has 1 aliphatic heterocycles. The molecule has 20 heavy (non-hydrogen) atoms. The first-order valence-corrected chi connectivity index (χ1v) is 7.77. The number of morpholine rings is 1. The van der Waals surface area contributed by atoms with Gasteiger partial charge in [-0.15, -0.1) is 11.3 Å². The van der Waals surface area contributed by atoms with Gasteiger partial charge in [-0.05, 0) is 31.2 Å². The second-order valence-corrected chi connectivity index (χ2v) is 6.15. The van der Waals surface area contributed by atoms with E-state index < -0.39 is 12.0 Å². The number of hydrogen-bond donors (Lipinski definition) is 1.